The van der Waals surface area contributed by atoms with Crippen LogP contribution in [0, 0.1) is 0 Å². The van der Waals surface area contributed by atoms with Gasteiger partial charge >= 0.3 is 5.69 Å². The van der Waals surface area contributed by atoms with E-state index in [1.165, 1.54) is 18.7 Å². The van der Waals surface area contributed by atoms with Crippen LogP contribution in [0.5, 0.6) is 0 Å². The second kappa shape index (κ2) is 6.64. The molecule has 0 bridgehead atoms. The Bertz CT molecular complexity index is 838. The minimum absolute atomic E-state index is 0.110. The summed E-state index contributed by atoms with van der Waals surface area (Å²) in [4.78, 5) is 35.8. The molecular formula is C16H18N4O3S. The summed E-state index contributed by atoms with van der Waals surface area (Å²) in [6.45, 7) is 3.20. The van der Waals surface area contributed by atoms with Crippen LogP contribution in [0.3, 0.4) is 0 Å². The Kier molecular flexibility index (Phi) is 4.57. The second-order valence-electron chi connectivity index (χ2n) is 5.76. The van der Waals surface area contributed by atoms with Crippen molar-refractivity contribution in [2.24, 2.45) is 0 Å². The highest BCUT2D eigenvalue weighted by Crippen LogP contribution is 2.36. The van der Waals surface area contributed by atoms with Crippen molar-refractivity contribution in [3.8, 4) is 0 Å². The van der Waals surface area contributed by atoms with E-state index in [1.54, 1.807) is 35.8 Å². The second-order valence-corrected chi connectivity index (χ2v) is 7.07. The highest BCUT2D eigenvalue weighted by atomic mass is 32.2. The Hall–Kier alpha value is -2.35. The Labute approximate surface area is 142 Å². The molecular weight excluding hydrogens is 328 g/mol. The zero-order chi connectivity index (χ0) is 17.3. The first kappa shape index (κ1) is 16.5. The number of carbonyl (C=O) groups is 2. The molecule has 24 heavy (non-hydrogen) atoms. The molecule has 7 nitrogen and oxygen atoms in total. The molecule has 1 aliphatic carbocycles. The Morgan fingerprint density at radius 2 is 2.08 bits per heavy atom. The summed E-state index contributed by atoms with van der Waals surface area (Å²) in [6.07, 6.45) is 1.92. The molecule has 2 N–H and O–H groups in total. The predicted octanol–water partition coefficient (Wildman–Crippen LogP) is 2.23. The molecule has 1 aromatic heterocycles. The van der Waals surface area contributed by atoms with Gasteiger partial charge in [0.05, 0.1) is 10.9 Å². The highest BCUT2D eigenvalue weighted by molar-refractivity contribution is 8.00. The summed E-state index contributed by atoms with van der Waals surface area (Å²) in [7, 11) is 0. The zero-order valence-corrected chi connectivity index (χ0v) is 14.2. The normalized spacial score (nSPS) is 15.1. The maximum Gasteiger partial charge on any atom is 0.344 e. The topological polar surface area (TPSA) is 96.8 Å². The minimum Gasteiger partial charge on any atom is -0.324 e. The van der Waals surface area contributed by atoms with Crippen molar-refractivity contribution >= 4 is 29.1 Å². The van der Waals surface area contributed by atoms with Crippen molar-refractivity contribution < 1.29 is 9.59 Å². The van der Waals surface area contributed by atoms with Gasteiger partial charge in [0.2, 0.25) is 5.91 Å². The van der Waals surface area contributed by atoms with Gasteiger partial charge < -0.3 is 5.32 Å². The number of nitrogens with zero attached hydrogens (tertiary/aromatic N) is 2. The minimum atomic E-state index is -0.460. The number of amides is 1. The number of hydrogen-bond donors (Lipinski definition) is 2. The number of hydrogen-bond acceptors (Lipinski definition) is 5. The number of anilines is 1. The lowest BCUT2D eigenvalue weighted by Gasteiger charge is -2.13. The molecule has 0 aliphatic heterocycles. The van der Waals surface area contributed by atoms with E-state index in [9.17, 15) is 14.4 Å². The number of H-pyrrole nitrogens is 1. The fraction of sp³-hybridized carbons (Fsp3) is 0.375. The zero-order valence-electron chi connectivity index (χ0n) is 13.4. The molecule has 2 aromatic rings. The SMILES string of the molecule is CC(=O)c1ccccc1NC(=O)[C@@H](C)Sc1n[nH]c(=O)n1C1CC1. The smallest absolute Gasteiger partial charge is 0.324 e. The van der Waals surface area contributed by atoms with Crippen LogP contribution >= 0.6 is 11.8 Å². The van der Waals surface area contributed by atoms with Gasteiger partial charge in [0.25, 0.3) is 0 Å². The van der Waals surface area contributed by atoms with Gasteiger partial charge in [0.1, 0.15) is 0 Å². The molecule has 1 atom stereocenters. The predicted molar refractivity (Wildman–Crippen MR) is 91.5 cm³/mol. The summed E-state index contributed by atoms with van der Waals surface area (Å²) in [5, 5.41) is 9.28. The molecule has 1 amide bonds. The van der Waals surface area contributed by atoms with Crippen LogP contribution in [0.25, 0.3) is 0 Å². The van der Waals surface area contributed by atoms with Gasteiger partial charge in [0.15, 0.2) is 10.9 Å². The van der Waals surface area contributed by atoms with Crippen LogP contribution in [0.4, 0.5) is 5.69 Å². The van der Waals surface area contributed by atoms with E-state index in [0.29, 0.717) is 16.4 Å². The Balaban J connectivity index is 1.72. The van der Waals surface area contributed by atoms with Gasteiger partial charge in [-0.3, -0.25) is 14.2 Å². The number of nitrogens with one attached hydrogen (secondary N) is 2. The number of carbonyl (C=O) groups excluding carboxylic acids is 2. The van der Waals surface area contributed by atoms with Gasteiger partial charge in [0, 0.05) is 11.6 Å². The lowest BCUT2D eigenvalue weighted by atomic mass is 10.1. The average molecular weight is 346 g/mol. The van der Waals surface area contributed by atoms with Gasteiger partial charge in [-0.25, -0.2) is 9.89 Å². The number of aromatic amines is 1. The monoisotopic (exact) mass is 346 g/mol. The molecule has 8 heteroatoms. The van der Waals surface area contributed by atoms with Crippen LogP contribution in [-0.2, 0) is 4.79 Å². The number of aromatic nitrogens is 3. The number of ketones is 1. The van der Waals surface area contributed by atoms with Gasteiger partial charge in [-0.1, -0.05) is 23.9 Å². The Morgan fingerprint density at radius 3 is 2.75 bits per heavy atom. The van der Waals surface area contributed by atoms with Crippen LogP contribution < -0.4 is 11.0 Å². The summed E-state index contributed by atoms with van der Waals surface area (Å²) >= 11 is 1.22. The molecule has 0 unspecified atom stereocenters. The number of thioether (sulfide) groups is 1. The Morgan fingerprint density at radius 1 is 1.38 bits per heavy atom. The lowest BCUT2D eigenvalue weighted by molar-refractivity contribution is -0.115. The quantitative estimate of drug-likeness (QED) is 0.617. The third-order valence-electron chi connectivity index (χ3n) is 3.80. The molecule has 1 heterocycles. The first-order chi connectivity index (χ1) is 11.5. The van der Waals surface area contributed by atoms with E-state index >= 15 is 0 Å². The molecule has 1 aromatic carbocycles. The van der Waals surface area contributed by atoms with E-state index in [1.807, 2.05) is 0 Å². The van der Waals surface area contributed by atoms with Gasteiger partial charge in [-0.05, 0) is 38.8 Å². The third kappa shape index (κ3) is 3.43. The summed E-state index contributed by atoms with van der Waals surface area (Å²) < 4.78 is 1.61. The van der Waals surface area contributed by atoms with Crippen molar-refractivity contribution in [1.29, 1.82) is 0 Å². The molecule has 0 saturated heterocycles. The molecule has 0 radical (unpaired) electrons. The van der Waals surface area contributed by atoms with Crippen molar-refractivity contribution in [2.75, 3.05) is 5.32 Å². The van der Waals surface area contributed by atoms with Crippen LogP contribution in [0.15, 0.2) is 34.2 Å². The summed E-state index contributed by atoms with van der Waals surface area (Å²) in [6, 6.07) is 7.07. The van der Waals surface area contributed by atoms with Gasteiger partial charge in [-0.15, -0.1) is 5.10 Å². The van der Waals surface area contributed by atoms with Crippen molar-refractivity contribution in [2.45, 2.75) is 43.1 Å². The first-order valence-corrected chi connectivity index (χ1v) is 8.59. The van der Waals surface area contributed by atoms with Crippen LogP contribution in [0.2, 0.25) is 0 Å². The molecule has 1 aliphatic rings. The summed E-state index contributed by atoms with van der Waals surface area (Å²) in [5.41, 5.74) is 0.719. The maximum absolute atomic E-state index is 12.4. The van der Waals surface area contributed by atoms with Crippen molar-refractivity contribution in [3.63, 3.8) is 0 Å². The molecule has 3 rings (SSSR count). The molecule has 1 fully saturated rings. The van der Waals surface area contributed by atoms with Crippen LogP contribution in [0.1, 0.15) is 43.1 Å². The van der Waals surface area contributed by atoms with E-state index in [-0.39, 0.29) is 23.4 Å². The van der Waals surface area contributed by atoms with Crippen molar-refractivity contribution in [1.82, 2.24) is 14.8 Å². The number of para-hydroxylation sites is 1. The first-order valence-electron chi connectivity index (χ1n) is 7.71. The van der Waals surface area contributed by atoms with E-state index < -0.39 is 5.25 Å². The number of rotatable bonds is 6. The number of Topliss-reactive ketones (excluding diaryl/α,β-unsaturated/α-hetero) is 1. The van der Waals surface area contributed by atoms with Crippen LogP contribution in [-0.4, -0.2) is 31.7 Å². The van der Waals surface area contributed by atoms with Gasteiger partial charge in [-0.2, -0.15) is 0 Å². The largest absolute Gasteiger partial charge is 0.344 e. The molecule has 1 saturated carbocycles. The highest BCUT2D eigenvalue weighted by Gasteiger charge is 2.30. The fourth-order valence-corrected chi connectivity index (χ4v) is 3.30. The van der Waals surface area contributed by atoms with E-state index in [2.05, 4.69) is 15.5 Å². The van der Waals surface area contributed by atoms with Crippen molar-refractivity contribution in [3.05, 3.63) is 40.3 Å². The van der Waals surface area contributed by atoms with E-state index in [0.717, 1.165) is 12.8 Å². The third-order valence-corrected chi connectivity index (χ3v) is 4.87. The number of benzene rings is 1. The average Bonchev–Trinajstić information content (AvgIpc) is 3.32. The molecule has 126 valence electrons. The standard InChI is InChI=1S/C16H18N4O3S/c1-9(21)12-5-3-4-6-13(12)17-14(22)10(2)24-16-19-18-15(23)20(16)11-7-8-11/h3-6,10-11H,7-8H2,1-2H3,(H,17,22)(H,18,23)/t10-/m1/s1. The van der Waals surface area contributed by atoms with E-state index in [4.69, 9.17) is 0 Å². The maximum atomic E-state index is 12.4. The lowest BCUT2D eigenvalue weighted by Crippen LogP contribution is -2.24. The fourth-order valence-electron chi connectivity index (χ4n) is 2.37. The molecule has 0 spiro atoms. The summed E-state index contributed by atoms with van der Waals surface area (Å²) in [5.74, 6) is -0.354.